The van der Waals surface area contributed by atoms with Crippen LogP contribution in [0.2, 0.25) is 0 Å². The van der Waals surface area contributed by atoms with Gasteiger partial charge in [0.15, 0.2) is 0 Å². The molecule has 0 spiro atoms. The number of benzene rings is 1. The van der Waals surface area contributed by atoms with Crippen molar-refractivity contribution < 1.29 is 4.79 Å². The first-order valence-corrected chi connectivity index (χ1v) is 7.70. The van der Waals surface area contributed by atoms with Gasteiger partial charge in [0, 0.05) is 49.7 Å². The molecule has 0 unspecified atom stereocenters. The highest BCUT2D eigenvalue weighted by atomic mass is 16.2. The highest BCUT2D eigenvalue weighted by Crippen LogP contribution is 2.19. The summed E-state index contributed by atoms with van der Waals surface area (Å²) in [7, 11) is 0. The van der Waals surface area contributed by atoms with Crippen LogP contribution < -0.4 is 0 Å². The van der Waals surface area contributed by atoms with E-state index in [9.17, 15) is 4.79 Å². The molecular formula is C17H20N4O. The fraction of sp³-hybridized carbons (Fsp3) is 0.412. The Labute approximate surface area is 130 Å². The second-order valence-corrected chi connectivity index (χ2v) is 5.67. The van der Waals surface area contributed by atoms with E-state index in [1.807, 2.05) is 23.2 Å². The number of carbonyl (C=O) groups is 1. The number of aromatic nitrogens is 1. The van der Waals surface area contributed by atoms with Gasteiger partial charge in [0.1, 0.15) is 0 Å². The molecule has 1 N–H and O–H groups in total. The van der Waals surface area contributed by atoms with Crippen LogP contribution in [0.25, 0.3) is 10.9 Å². The van der Waals surface area contributed by atoms with E-state index in [-0.39, 0.29) is 5.91 Å². The second kappa shape index (κ2) is 6.63. The molecule has 1 fully saturated rings. The number of piperazine rings is 1. The summed E-state index contributed by atoms with van der Waals surface area (Å²) in [6.45, 7) is 3.51. The molecule has 0 bridgehead atoms. The van der Waals surface area contributed by atoms with Crippen molar-refractivity contribution in [3.8, 4) is 6.07 Å². The lowest BCUT2D eigenvalue weighted by molar-refractivity contribution is -0.132. The minimum atomic E-state index is 0.210. The number of aryl methyl sites for hydroxylation is 1. The molecule has 5 nitrogen and oxygen atoms in total. The average Bonchev–Trinajstić information content (AvgIpc) is 2.97. The maximum atomic E-state index is 12.3. The zero-order chi connectivity index (χ0) is 15.4. The number of fused-ring (bicyclic) bond motifs is 1. The van der Waals surface area contributed by atoms with E-state index in [1.54, 1.807) is 0 Å². The lowest BCUT2D eigenvalue weighted by Gasteiger charge is -2.33. The molecule has 22 heavy (non-hydrogen) atoms. The van der Waals surface area contributed by atoms with Gasteiger partial charge in [-0.2, -0.15) is 5.26 Å². The van der Waals surface area contributed by atoms with Crippen LogP contribution in [0.1, 0.15) is 12.0 Å². The number of amides is 1. The van der Waals surface area contributed by atoms with Crippen molar-refractivity contribution in [2.45, 2.75) is 12.8 Å². The number of nitrogens with one attached hydrogen (secondary N) is 1. The van der Waals surface area contributed by atoms with Gasteiger partial charge in [-0.15, -0.1) is 0 Å². The van der Waals surface area contributed by atoms with Crippen LogP contribution in [0.15, 0.2) is 30.5 Å². The predicted molar refractivity (Wildman–Crippen MR) is 85.3 cm³/mol. The summed E-state index contributed by atoms with van der Waals surface area (Å²) in [5.41, 5.74) is 2.32. The number of nitriles is 1. The van der Waals surface area contributed by atoms with Crippen molar-refractivity contribution in [3.63, 3.8) is 0 Å². The first-order valence-electron chi connectivity index (χ1n) is 7.70. The number of para-hydroxylation sites is 1. The summed E-state index contributed by atoms with van der Waals surface area (Å²) in [6.07, 6.45) is 3.31. The quantitative estimate of drug-likeness (QED) is 0.875. The van der Waals surface area contributed by atoms with Gasteiger partial charge in [-0.3, -0.25) is 9.69 Å². The van der Waals surface area contributed by atoms with Gasteiger partial charge in [0.2, 0.25) is 5.91 Å². The fourth-order valence-corrected chi connectivity index (χ4v) is 2.99. The SMILES string of the molecule is N#CCN1CCN(C(=O)CCc2c[nH]c3ccccc23)CC1. The molecule has 0 radical (unpaired) electrons. The van der Waals surface area contributed by atoms with E-state index in [0.717, 1.165) is 38.1 Å². The molecule has 1 saturated heterocycles. The molecule has 1 aliphatic rings. The smallest absolute Gasteiger partial charge is 0.222 e. The summed E-state index contributed by atoms with van der Waals surface area (Å²) in [5, 5.41) is 9.90. The van der Waals surface area contributed by atoms with Crippen LogP contribution >= 0.6 is 0 Å². The molecule has 0 aliphatic carbocycles. The Balaban J connectivity index is 1.54. The zero-order valence-corrected chi connectivity index (χ0v) is 12.6. The zero-order valence-electron chi connectivity index (χ0n) is 12.6. The van der Waals surface area contributed by atoms with Crippen molar-refractivity contribution in [2.24, 2.45) is 0 Å². The van der Waals surface area contributed by atoms with E-state index < -0.39 is 0 Å². The number of H-pyrrole nitrogens is 1. The maximum Gasteiger partial charge on any atom is 0.222 e. The number of nitrogens with zero attached hydrogens (tertiary/aromatic N) is 3. The molecule has 1 aromatic carbocycles. The largest absolute Gasteiger partial charge is 0.361 e. The molecule has 2 heterocycles. The highest BCUT2D eigenvalue weighted by Gasteiger charge is 2.20. The Morgan fingerprint density at radius 2 is 2.00 bits per heavy atom. The minimum Gasteiger partial charge on any atom is -0.361 e. The van der Waals surface area contributed by atoms with Gasteiger partial charge >= 0.3 is 0 Å². The molecule has 0 saturated carbocycles. The minimum absolute atomic E-state index is 0.210. The van der Waals surface area contributed by atoms with Gasteiger partial charge in [-0.25, -0.2) is 0 Å². The van der Waals surface area contributed by atoms with Gasteiger partial charge in [0.05, 0.1) is 12.6 Å². The van der Waals surface area contributed by atoms with Crippen molar-refractivity contribution in [1.82, 2.24) is 14.8 Å². The molecular weight excluding hydrogens is 276 g/mol. The second-order valence-electron chi connectivity index (χ2n) is 5.67. The Morgan fingerprint density at radius 1 is 1.23 bits per heavy atom. The van der Waals surface area contributed by atoms with Crippen molar-refractivity contribution in [1.29, 1.82) is 5.26 Å². The Kier molecular flexibility index (Phi) is 4.40. The number of hydrogen-bond donors (Lipinski definition) is 1. The van der Waals surface area contributed by atoms with Crippen molar-refractivity contribution in [2.75, 3.05) is 32.7 Å². The van der Waals surface area contributed by atoms with Gasteiger partial charge in [-0.1, -0.05) is 18.2 Å². The summed E-state index contributed by atoms with van der Waals surface area (Å²) >= 11 is 0. The van der Waals surface area contributed by atoms with Gasteiger partial charge < -0.3 is 9.88 Å². The number of hydrogen-bond acceptors (Lipinski definition) is 3. The van der Waals surface area contributed by atoms with Crippen LogP contribution in [0, 0.1) is 11.3 Å². The number of carbonyl (C=O) groups excluding carboxylic acids is 1. The van der Waals surface area contributed by atoms with Gasteiger partial charge in [0.25, 0.3) is 0 Å². The summed E-state index contributed by atoms with van der Waals surface area (Å²) in [5.74, 6) is 0.210. The highest BCUT2D eigenvalue weighted by molar-refractivity contribution is 5.84. The third kappa shape index (κ3) is 3.12. The van der Waals surface area contributed by atoms with E-state index in [4.69, 9.17) is 5.26 Å². The normalized spacial score (nSPS) is 15.9. The van der Waals surface area contributed by atoms with Crippen molar-refractivity contribution in [3.05, 3.63) is 36.0 Å². The lowest BCUT2D eigenvalue weighted by Crippen LogP contribution is -2.48. The number of aromatic amines is 1. The third-order valence-electron chi connectivity index (χ3n) is 4.30. The topological polar surface area (TPSA) is 63.1 Å². The standard InChI is InChI=1S/C17H20N4O/c18-7-8-20-9-11-21(12-10-20)17(22)6-5-14-13-19-16-4-2-1-3-15(14)16/h1-4,13,19H,5-6,8-12H2. The Bertz CT molecular complexity index is 692. The molecule has 1 aromatic heterocycles. The molecule has 1 aliphatic heterocycles. The first kappa shape index (κ1) is 14.6. The third-order valence-corrected chi connectivity index (χ3v) is 4.30. The Hall–Kier alpha value is -2.32. The van der Waals surface area contributed by atoms with Crippen LogP contribution in [0.4, 0.5) is 0 Å². The first-order chi connectivity index (χ1) is 10.8. The maximum absolute atomic E-state index is 12.3. The number of rotatable bonds is 4. The monoisotopic (exact) mass is 296 g/mol. The average molecular weight is 296 g/mol. The summed E-state index contributed by atoms with van der Waals surface area (Å²) in [6, 6.07) is 10.3. The molecule has 114 valence electrons. The van der Waals surface area contributed by atoms with Crippen LogP contribution in [-0.2, 0) is 11.2 Å². The van der Waals surface area contributed by atoms with E-state index in [2.05, 4.69) is 28.1 Å². The summed E-state index contributed by atoms with van der Waals surface area (Å²) < 4.78 is 0. The van der Waals surface area contributed by atoms with Crippen LogP contribution in [0.3, 0.4) is 0 Å². The van der Waals surface area contributed by atoms with E-state index in [1.165, 1.54) is 10.9 Å². The molecule has 3 rings (SSSR count). The van der Waals surface area contributed by atoms with Gasteiger partial charge in [-0.05, 0) is 18.1 Å². The molecule has 1 amide bonds. The summed E-state index contributed by atoms with van der Waals surface area (Å²) in [4.78, 5) is 19.6. The van der Waals surface area contributed by atoms with Crippen LogP contribution in [-0.4, -0.2) is 53.4 Å². The predicted octanol–water partition coefficient (Wildman–Crippen LogP) is 1.77. The van der Waals surface area contributed by atoms with E-state index in [0.29, 0.717) is 13.0 Å². The molecule has 0 atom stereocenters. The molecule has 2 aromatic rings. The van der Waals surface area contributed by atoms with Crippen LogP contribution in [0.5, 0.6) is 0 Å². The Morgan fingerprint density at radius 3 is 2.77 bits per heavy atom. The van der Waals surface area contributed by atoms with E-state index >= 15 is 0 Å². The molecule has 5 heteroatoms. The van der Waals surface area contributed by atoms with Crippen molar-refractivity contribution >= 4 is 16.8 Å². The fourth-order valence-electron chi connectivity index (χ4n) is 2.99. The lowest BCUT2D eigenvalue weighted by atomic mass is 10.1.